The second kappa shape index (κ2) is 7.23. The van der Waals surface area contributed by atoms with E-state index in [2.05, 4.69) is 56.8 Å². The summed E-state index contributed by atoms with van der Waals surface area (Å²) in [4.78, 5) is 9.09. The molecular weight excluding hydrogens is 423 g/mol. The van der Waals surface area contributed by atoms with Crippen LogP contribution >= 0.6 is 0 Å². The summed E-state index contributed by atoms with van der Waals surface area (Å²) in [6.45, 7) is 4.26. The predicted molar refractivity (Wildman–Crippen MR) is 104 cm³/mol. The molecular formula is C22H18N5Y-. The summed E-state index contributed by atoms with van der Waals surface area (Å²) in [5, 5.41) is 0. The minimum Gasteiger partial charge on any atom is -0.371 e. The third kappa shape index (κ3) is 2.73. The van der Waals surface area contributed by atoms with Crippen molar-refractivity contribution in [1.82, 2.24) is 18.9 Å². The van der Waals surface area contributed by atoms with Gasteiger partial charge in [0.2, 0.25) is 0 Å². The van der Waals surface area contributed by atoms with E-state index in [4.69, 9.17) is 4.98 Å². The van der Waals surface area contributed by atoms with Gasteiger partial charge in [0.25, 0.3) is 0 Å². The third-order valence-corrected chi connectivity index (χ3v) is 5.11. The van der Waals surface area contributed by atoms with E-state index in [1.165, 1.54) is 5.69 Å². The van der Waals surface area contributed by atoms with Gasteiger partial charge in [0.15, 0.2) is 5.82 Å². The van der Waals surface area contributed by atoms with Gasteiger partial charge in [-0.15, -0.1) is 17.7 Å². The minimum absolute atomic E-state index is 0. The molecule has 1 radical (unpaired) electrons. The quantitative estimate of drug-likeness (QED) is 0.311. The number of nitrogens with zero attached hydrogens (tertiary/aromatic N) is 5. The van der Waals surface area contributed by atoms with Gasteiger partial charge in [-0.3, -0.25) is 4.40 Å². The molecule has 0 spiro atoms. The number of benzene rings is 1. The molecule has 0 fully saturated rings. The average molecular weight is 441 g/mol. The van der Waals surface area contributed by atoms with E-state index in [0.717, 1.165) is 39.4 Å². The summed E-state index contributed by atoms with van der Waals surface area (Å²) < 4.78 is 6.51. The Kier molecular flexibility index (Phi) is 4.90. The Morgan fingerprint density at radius 1 is 1.04 bits per heavy atom. The first-order valence-electron chi connectivity index (χ1n) is 8.85. The van der Waals surface area contributed by atoms with Crippen molar-refractivity contribution in [3.05, 3.63) is 78.5 Å². The molecule has 5 nitrogen and oxygen atoms in total. The molecule has 0 N–H and O–H groups in total. The number of imidazole rings is 2. The van der Waals surface area contributed by atoms with Crippen molar-refractivity contribution in [3.63, 3.8) is 0 Å². The summed E-state index contributed by atoms with van der Waals surface area (Å²) in [5.74, 6) is 1.89. The summed E-state index contributed by atoms with van der Waals surface area (Å²) in [7, 11) is 2.04. The maximum absolute atomic E-state index is 4.92. The number of pyridine rings is 2. The molecule has 0 aliphatic rings. The van der Waals surface area contributed by atoms with Gasteiger partial charge in [0, 0.05) is 38.9 Å². The largest absolute Gasteiger partial charge is 0.371 e. The number of hydrogen-bond donors (Lipinski definition) is 0. The zero-order valence-electron chi connectivity index (χ0n) is 16.0. The van der Waals surface area contributed by atoms with Crippen LogP contribution in [0.4, 0.5) is 0 Å². The molecule has 4 heterocycles. The van der Waals surface area contributed by atoms with Gasteiger partial charge >= 0.3 is 5.78 Å². The number of rotatable bonds is 2. The van der Waals surface area contributed by atoms with Gasteiger partial charge in [-0.2, -0.15) is 22.7 Å². The SMILES string of the molecule is Cc1c(C)n2c3ccccc3nc2n1-c1c(-c2[c-]nccc2)[c-]cc[n+]1C.[Y]. The molecule has 5 rings (SSSR count). The van der Waals surface area contributed by atoms with E-state index in [1.807, 2.05) is 43.6 Å². The molecule has 4 aromatic heterocycles. The Labute approximate surface area is 188 Å². The fourth-order valence-corrected chi connectivity index (χ4v) is 3.70. The Balaban J connectivity index is 0.00000192. The van der Waals surface area contributed by atoms with Crippen molar-refractivity contribution in [2.75, 3.05) is 0 Å². The van der Waals surface area contributed by atoms with E-state index in [-0.39, 0.29) is 32.7 Å². The molecule has 0 amide bonds. The standard InChI is InChI=1S/C22H18N5.Y/c1-15-16(2)27(22-24-19-10-4-5-11-20(19)26(15)22)21-18(9-7-13-25(21)3)17-8-6-12-23-14-17;/h4-8,10-13H,1-3H3;/q-1;. The van der Waals surface area contributed by atoms with Crippen LogP contribution < -0.4 is 4.57 Å². The van der Waals surface area contributed by atoms with E-state index in [1.54, 1.807) is 6.20 Å². The molecule has 0 aliphatic carbocycles. The molecule has 0 atom stereocenters. The fourth-order valence-electron chi connectivity index (χ4n) is 3.70. The van der Waals surface area contributed by atoms with Gasteiger partial charge in [-0.05, 0) is 26.0 Å². The number of fused-ring (bicyclic) bond motifs is 3. The second-order valence-corrected chi connectivity index (χ2v) is 6.67. The number of para-hydroxylation sites is 2. The molecule has 135 valence electrons. The van der Waals surface area contributed by atoms with Crippen molar-refractivity contribution in [3.8, 4) is 16.9 Å². The predicted octanol–water partition coefficient (Wildman–Crippen LogP) is 3.38. The summed E-state index contributed by atoms with van der Waals surface area (Å²) in [6, 6.07) is 17.5. The molecule has 0 unspecified atom stereocenters. The minimum atomic E-state index is 0. The van der Waals surface area contributed by atoms with Gasteiger partial charge in [-0.1, -0.05) is 24.5 Å². The fraction of sp³-hybridized carbons (Fsp3) is 0.136. The van der Waals surface area contributed by atoms with Crippen LogP contribution in [0.2, 0.25) is 0 Å². The molecule has 0 aliphatic heterocycles. The van der Waals surface area contributed by atoms with Crippen molar-refractivity contribution in [2.24, 2.45) is 7.05 Å². The molecule has 6 heteroatoms. The molecule has 0 bridgehead atoms. The van der Waals surface area contributed by atoms with Crippen LogP contribution in [0, 0.1) is 26.1 Å². The molecule has 1 aromatic carbocycles. The van der Waals surface area contributed by atoms with E-state index in [9.17, 15) is 0 Å². The van der Waals surface area contributed by atoms with Gasteiger partial charge in [-0.25, -0.2) is 4.57 Å². The molecule has 5 aromatic rings. The summed E-state index contributed by atoms with van der Waals surface area (Å²) in [5.41, 5.74) is 6.27. The number of aromatic nitrogens is 5. The first-order chi connectivity index (χ1) is 13.2. The topological polar surface area (TPSA) is 39.0 Å². The van der Waals surface area contributed by atoms with Crippen LogP contribution in [0.5, 0.6) is 0 Å². The summed E-state index contributed by atoms with van der Waals surface area (Å²) >= 11 is 0. The van der Waals surface area contributed by atoms with Crippen molar-refractivity contribution in [1.29, 1.82) is 0 Å². The number of hydrogen-bond acceptors (Lipinski definition) is 2. The van der Waals surface area contributed by atoms with Crippen molar-refractivity contribution < 1.29 is 37.3 Å². The molecule has 28 heavy (non-hydrogen) atoms. The third-order valence-electron chi connectivity index (χ3n) is 5.11. The summed E-state index contributed by atoms with van der Waals surface area (Å²) in [6.07, 6.45) is 6.82. The molecule has 0 saturated heterocycles. The van der Waals surface area contributed by atoms with E-state index in [0.29, 0.717) is 0 Å². The monoisotopic (exact) mass is 441 g/mol. The maximum Gasteiger partial charge on any atom is 0.302 e. The zero-order valence-corrected chi connectivity index (χ0v) is 18.8. The van der Waals surface area contributed by atoms with Crippen molar-refractivity contribution >= 4 is 16.8 Å². The van der Waals surface area contributed by atoms with E-state index < -0.39 is 0 Å². The normalized spacial score (nSPS) is 11.1. The van der Waals surface area contributed by atoms with Crippen LogP contribution in [0.25, 0.3) is 33.8 Å². The van der Waals surface area contributed by atoms with Crippen LogP contribution in [0.3, 0.4) is 0 Å². The Morgan fingerprint density at radius 2 is 1.86 bits per heavy atom. The molecule has 0 saturated carbocycles. The zero-order chi connectivity index (χ0) is 18.5. The van der Waals surface area contributed by atoms with Crippen LogP contribution in [0.15, 0.2) is 54.9 Å². The van der Waals surface area contributed by atoms with E-state index >= 15 is 0 Å². The smallest absolute Gasteiger partial charge is 0.302 e. The second-order valence-electron chi connectivity index (χ2n) is 6.67. The van der Waals surface area contributed by atoms with Crippen molar-refractivity contribution in [2.45, 2.75) is 13.8 Å². The number of aryl methyl sites for hydroxylation is 2. The Bertz CT molecular complexity index is 1300. The first kappa shape index (κ1) is 19.0. The average Bonchev–Trinajstić information content (AvgIpc) is 3.18. The van der Waals surface area contributed by atoms with Gasteiger partial charge in [0.05, 0.1) is 23.8 Å². The van der Waals surface area contributed by atoms with Gasteiger partial charge in [0.1, 0.15) is 5.69 Å². The van der Waals surface area contributed by atoms with Crippen LogP contribution in [0.1, 0.15) is 11.4 Å². The first-order valence-corrected chi connectivity index (χ1v) is 8.85. The van der Waals surface area contributed by atoms with Crippen LogP contribution in [-0.4, -0.2) is 18.9 Å². The Morgan fingerprint density at radius 3 is 2.64 bits per heavy atom. The maximum atomic E-state index is 4.92. The Hall–Kier alpha value is -2.37. The van der Waals surface area contributed by atoms with Crippen LogP contribution in [-0.2, 0) is 39.8 Å². The van der Waals surface area contributed by atoms with Gasteiger partial charge < -0.3 is 9.55 Å².